The van der Waals surface area contributed by atoms with Crippen molar-refractivity contribution in [1.82, 2.24) is 16.1 Å². The molecule has 0 spiro atoms. The second kappa shape index (κ2) is 22.5. The molecule has 0 saturated carbocycles. The minimum Gasteiger partial charge on any atom is -0.392 e. The van der Waals surface area contributed by atoms with Gasteiger partial charge in [0.1, 0.15) is 0 Å². The maximum Gasteiger partial charge on any atom is 0.230 e. The molecule has 4 atom stereocenters. The molecule has 0 aliphatic rings. The smallest absolute Gasteiger partial charge is 0.230 e. The standard InChI is InChI=1S/C24H51N3O4/c1-4-5-6-7-8-9-10-11-12-13-14-15-16-17-25-23(21(2)29)18-26-24(22(3)30)19-31-27-20-28/h20-26,29-30H,4-19H2,1-3H3,(H,27,28). The molecule has 0 rings (SSSR count). The normalized spacial score (nSPS) is 15.4. The van der Waals surface area contributed by atoms with Crippen LogP contribution < -0.4 is 16.1 Å². The van der Waals surface area contributed by atoms with Crippen molar-refractivity contribution in [2.24, 2.45) is 0 Å². The van der Waals surface area contributed by atoms with Crippen LogP contribution in [0, 0.1) is 0 Å². The Kier molecular flexibility index (Phi) is 21.9. The van der Waals surface area contributed by atoms with Crippen molar-refractivity contribution >= 4 is 6.41 Å². The van der Waals surface area contributed by atoms with Crippen LogP contribution in [0.1, 0.15) is 104 Å². The van der Waals surface area contributed by atoms with Crippen LogP contribution in [-0.4, -0.2) is 60.6 Å². The van der Waals surface area contributed by atoms with E-state index in [1.54, 1.807) is 13.8 Å². The summed E-state index contributed by atoms with van der Waals surface area (Å²) in [7, 11) is 0. The van der Waals surface area contributed by atoms with Crippen LogP contribution in [-0.2, 0) is 9.63 Å². The third-order valence-electron chi connectivity index (χ3n) is 5.85. The molecule has 0 aromatic rings. The molecule has 0 radical (unpaired) electrons. The number of aliphatic hydroxyl groups is 2. The Labute approximate surface area is 191 Å². The van der Waals surface area contributed by atoms with Gasteiger partial charge in [-0.1, -0.05) is 84.0 Å². The molecule has 0 heterocycles. The Morgan fingerprint density at radius 3 is 1.68 bits per heavy atom. The van der Waals surface area contributed by atoms with Crippen LogP contribution in [0.5, 0.6) is 0 Å². The van der Waals surface area contributed by atoms with E-state index in [9.17, 15) is 15.0 Å². The van der Waals surface area contributed by atoms with Crippen molar-refractivity contribution < 1.29 is 19.8 Å². The van der Waals surface area contributed by atoms with Gasteiger partial charge in [0.05, 0.1) is 24.9 Å². The molecular weight excluding hydrogens is 394 g/mol. The molecule has 0 aliphatic heterocycles. The fourth-order valence-electron chi connectivity index (χ4n) is 3.66. The van der Waals surface area contributed by atoms with E-state index in [1.165, 1.54) is 77.0 Å². The number of hydroxylamine groups is 1. The minimum atomic E-state index is -0.635. The van der Waals surface area contributed by atoms with Crippen molar-refractivity contribution in [3.8, 4) is 0 Å². The van der Waals surface area contributed by atoms with Crippen molar-refractivity contribution in [2.75, 3.05) is 19.7 Å². The molecule has 4 unspecified atom stereocenters. The van der Waals surface area contributed by atoms with Gasteiger partial charge in [-0.3, -0.25) is 9.63 Å². The van der Waals surface area contributed by atoms with E-state index in [1.807, 2.05) is 0 Å². The molecule has 0 aromatic carbocycles. The Hall–Kier alpha value is -0.730. The first-order valence-corrected chi connectivity index (χ1v) is 12.7. The summed E-state index contributed by atoms with van der Waals surface area (Å²) in [4.78, 5) is 15.2. The van der Waals surface area contributed by atoms with Gasteiger partial charge in [-0.25, -0.2) is 5.48 Å². The number of carbonyl (C=O) groups excluding carboxylic acids is 1. The zero-order chi connectivity index (χ0) is 23.2. The highest BCUT2D eigenvalue weighted by molar-refractivity contribution is 5.43. The fourth-order valence-corrected chi connectivity index (χ4v) is 3.66. The van der Waals surface area contributed by atoms with E-state index < -0.39 is 12.2 Å². The molecule has 31 heavy (non-hydrogen) atoms. The molecule has 0 bridgehead atoms. The molecule has 0 saturated heterocycles. The molecule has 1 amide bonds. The van der Waals surface area contributed by atoms with Crippen LogP contribution in [0.25, 0.3) is 0 Å². The number of carbonyl (C=O) groups is 1. The second-order valence-electron chi connectivity index (χ2n) is 8.85. The van der Waals surface area contributed by atoms with Gasteiger partial charge in [0.25, 0.3) is 0 Å². The second-order valence-corrected chi connectivity index (χ2v) is 8.85. The van der Waals surface area contributed by atoms with Gasteiger partial charge < -0.3 is 20.8 Å². The Bertz CT molecular complexity index is 384. The first kappa shape index (κ1) is 30.3. The van der Waals surface area contributed by atoms with Gasteiger partial charge in [0, 0.05) is 12.6 Å². The Morgan fingerprint density at radius 2 is 1.23 bits per heavy atom. The zero-order valence-corrected chi connectivity index (χ0v) is 20.4. The van der Waals surface area contributed by atoms with E-state index in [4.69, 9.17) is 4.84 Å². The van der Waals surface area contributed by atoms with Gasteiger partial charge >= 0.3 is 0 Å². The third-order valence-corrected chi connectivity index (χ3v) is 5.85. The first-order chi connectivity index (χ1) is 15.0. The number of aliphatic hydroxyl groups excluding tert-OH is 2. The molecule has 5 N–H and O–H groups in total. The number of hydrogen-bond donors (Lipinski definition) is 5. The van der Waals surface area contributed by atoms with Gasteiger partial charge in [0.2, 0.25) is 6.41 Å². The fraction of sp³-hybridized carbons (Fsp3) is 0.958. The van der Waals surface area contributed by atoms with Crippen LogP contribution in [0.2, 0.25) is 0 Å². The average Bonchev–Trinajstić information content (AvgIpc) is 2.74. The zero-order valence-electron chi connectivity index (χ0n) is 20.4. The average molecular weight is 446 g/mol. The maximum atomic E-state index is 10.3. The third kappa shape index (κ3) is 19.7. The van der Waals surface area contributed by atoms with Gasteiger partial charge in [-0.05, 0) is 26.8 Å². The van der Waals surface area contributed by atoms with E-state index in [0.717, 1.165) is 13.0 Å². The quantitative estimate of drug-likeness (QED) is 0.0886. The number of hydrogen-bond acceptors (Lipinski definition) is 6. The van der Waals surface area contributed by atoms with Gasteiger partial charge in [0.15, 0.2) is 0 Å². The summed E-state index contributed by atoms with van der Waals surface area (Å²) in [5, 5.41) is 26.5. The van der Waals surface area contributed by atoms with Crippen molar-refractivity contribution in [3.05, 3.63) is 0 Å². The highest BCUT2D eigenvalue weighted by atomic mass is 16.6. The molecule has 186 valence electrons. The van der Waals surface area contributed by atoms with Crippen LogP contribution >= 0.6 is 0 Å². The van der Waals surface area contributed by atoms with Gasteiger partial charge in [-0.2, -0.15) is 0 Å². The van der Waals surface area contributed by atoms with Crippen LogP contribution in [0.15, 0.2) is 0 Å². The predicted octanol–water partition coefficient (Wildman–Crippen LogP) is 3.43. The lowest BCUT2D eigenvalue weighted by atomic mass is 10.0. The topological polar surface area (TPSA) is 103 Å². The lowest BCUT2D eigenvalue weighted by Crippen LogP contribution is -2.52. The lowest BCUT2D eigenvalue weighted by molar-refractivity contribution is -0.122. The van der Waals surface area contributed by atoms with E-state index in [2.05, 4.69) is 23.0 Å². The SMILES string of the molecule is CCCCCCCCCCCCCCCNC(CNC(CONC=O)C(C)O)C(C)O. The Balaban J connectivity index is 3.71. The number of rotatable bonds is 24. The lowest BCUT2D eigenvalue weighted by Gasteiger charge is -2.27. The summed E-state index contributed by atoms with van der Waals surface area (Å²) < 4.78 is 0. The minimum absolute atomic E-state index is 0.0994. The summed E-state index contributed by atoms with van der Waals surface area (Å²) in [5.74, 6) is 0. The summed E-state index contributed by atoms with van der Waals surface area (Å²) in [5.41, 5.74) is 2.13. The largest absolute Gasteiger partial charge is 0.392 e. The number of unbranched alkanes of at least 4 members (excludes halogenated alkanes) is 12. The summed E-state index contributed by atoms with van der Waals surface area (Å²) in [6.45, 7) is 7.24. The van der Waals surface area contributed by atoms with E-state index in [0.29, 0.717) is 13.0 Å². The molecular formula is C24H51N3O4. The monoisotopic (exact) mass is 445 g/mol. The molecule has 0 fully saturated rings. The molecule has 0 aliphatic carbocycles. The first-order valence-electron chi connectivity index (χ1n) is 12.7. The van der Waals surface area contributed by atoms with Crippen LogP contribution in [0.3, 0.4) is 0 Å². The Morgan fingerprint density at radius 1 is 0.742 bits per heavy atom. The predicted molar refractivity (Wildman–Crippen MR) is 128 cm³/mol. The van der Waals surface area contributed by atoms with Crippen molar-refractivity contribution in [1.29, 1.82) is 0 Å². The van der Waals surface area contributed by atoms with Crippen molar-refractivity contribution in [2.45, 2.75) is 129 Å². The van der Waals surface area contributed by atoms with Crippen LogP contribution in [0.4, 0.5) is 0 Å². The number of nitrogens with one attached hydrogen (secondary N) is 3. The van der Waals surface area contributed by atoms with E-state index >= 15 is 0 Å². The number of amides is 1. The summed E-state index contributed by atoms with van der Waals surface area (Å²) >= 11 is 0. The van der Waals surface area contributed by atoms with E-state index in [-0.39, 0.29) is 18.7 Å². The van der Waals surface area contributed by atoms with Gasteiger partial charge in [-0.15, -0.1) is 0 Å². The molecule has 0 aromatic heterocycles. The highest BCUT2D eigenvalue weighted by Gasteiger charge is 2.19. The van der Waals surface area contributed by atoms with Crippen molar-refractivity contribution in [3.63, 3.8) is 0 Å². The molecule has 7 nitrogen and oxygen atoms in total. The summed E-state index contributed by atoms with van der Waals surface area (Å²) in [6, 6.07) is -0.426. The molecule has 7 heteroatoms. The summed E-state index contributed by atoms with van der Waals surface area (Å²) in [6.07, 6.45) is 16.7. The maximum absolute atomic E-state index is 10.3. The highest BCUT2D eigenvalue weighted by Crippen LogP contribution is 2.12.